The molecule has 0 aliphatic carbocycles. The van der Waals surface area contributed by atoms with Crippen molar-refractivity contribution in [3.8, 4) is 5.82 Å². The molecule has 0 aromatic carbocycles. The van der Waals surface area contributed by atoms with E-state index in [1.54, 1.807) is 6.20 Å². The predicted octanol–water partition coefficient (Wildman–Crippen LogP) is 3.33. The number of alkyl halides is 3. The van der Waals surface area contributed by atoms with Crippen molar-refractivity contribution in [2.75, 3.05) is 6.61 Å². The second-order valence-electron chi connectivity index (χ2n) is 5.34. The number of halogens is 3. The standard InChI is InChI=1S/C15H18F3N3O/c1-10(2)13-11(5-4-8-22)9-21(20-13)14-12(15(16,17)18)6-3-7-19-14/h3,6-7,9-10,22H,4-5,8H2,1-2H3. The third-order valence-corrected chi connectivity index (χ3v) is 3.28. The van der Waals surface area contributed by atoms with E-state index in [2.05, 4.69) is 10.1 Å². The van der Waals surface area contributed by atoms with E-state index in [1.807, 2.05) is 13.8 Å². The first-order valence-electron chi connectivity index (χ1n) is 7.06. The van der Waals surface area contributed by atoms with Crippen LogP contribution in [-0.2, 0) is 12.6 Å². The minimum absolute atomic E-state index is 0.0279. The average Bonchev–Trinajstić information content (AvgIpc) is 2.88. The minimum atomic E-state index is -4.49. The molecule has 2 aromatic heterocycles. The Kier molecular flexibility index (Phi) is 4.85. The summed E-state index contributed by atoms with van der Waals surface area (Å²) >= 11 is 0. The highest BCUT2D eigenvalue weighted by Gasteiger charge is 2.35. The van der Waals surface area contributed by atoms with Crippen LogP contribution in [0.4, 0.5) is 13.2 Å². The summed E-state index contributed by atoms with van der Waals surface area (Å²) in [5.74, 6) is -0.153. The summed E-state index contributed by atoms with van der Waals surface area (Å²) in [6.07, 6.45) is -0.492. The van der Waals surface area contributed by atoms with E-state index in [0.29, 0.717) is 12.8 Å². The van der Waals surface area contributed by atoms with E-state index in [0.717, 1.165) is 17.3 Å². The van der Waals surface area contributed by atoms with Crippen LogP contribution < -0.4 is 0 Å². The molecule has 0 saturated carbocycles. The maximum absolute atomic E-state index is 13.1. The molecule has 0 saturated heterocycles. The quantitative estimate of drug-likeness (QED) is 0.921. The van der Waals surface area contributed by atoms with Crippen LogP contribution in [0.5, 0.6) is 0 Å². The fourth-order valence-electron chi connectivity index (χ4n) is 2.28. The van der Waals surface area contributed by atoms with Gasteiger partial charge in [-0.1, -0.05) is 13.8 Å². The fraction of sp³-hybridized carbons (Fsp3) is 0.467. The second-order valence-corrected chi connectivity index (χ2v) is 5.34. The van der Waals surface area contributed by atoms with Gasteiger partial charge >= 0.3 is 6.18 Å². The number of hydrogen-bond donors (Lipinski definition) is 1. The Bertz CT molecular complexity index is 635. The first-order valence-corrected chi connectivity index (χ1v) is 7.06. The van der Waals surface area contributed by atoms with Crippen LogP contribution in [-0.4, -0.2) is 26.5 Å². The van der Waals surface area contributed by atoms with E-state index in [-0.39, 0.29) is 18.3 Å². The number of aromatic nitrogens is 3. The van der Waals surface area contributed by atoms with Crippen molar-refractivity contribution in [1.82, 2.24) is 14.8 Å². The second kappa shape index (κ2) is 6.48. The zero-order chi connectivity index (χ0) is 16.3. The van der Waals surface area contributed by atoms with E-state index < -0.39 is 11.7 Å². The van der Waals surface area contributed by atoms with Crippen LogP contribution in [0.1, 0.15) is 43.0 Å². The van der Waals surface area contributed by atoms with E-state index in [9.17, 15) is 13.2 Å². The van der Waals surface area contributed by atoms with Gasteiger partial charge in [-0.3, -0.25) is 0 Å². The van der Waals surface area contributed by atoms with Gasteiger partial charge in [0.25, 0.3) is 0 Å². The fourth-order valence-corrected chi connectivity index (χ4v) is 2.28. The molecule has 2 aromatic rings. The van der Waals surface area contributed by atoms with Crippen molar-refractivity contribution in [2.24, 2.45) is 0 Å². The summed E-state index contributed by atoms with van der Waals surface area (Å²) in [5, 5.41) is 13.2. The van der Waals surface area contributed by atoms with Gasteiger partial charge in [0.15, 0.2) is 5.82 Å². The van der Waals surface area contributed by atoms with Crippen molar-refractivity contribution < 1.29 is 18.3 Å². The Labute approximate surface area is 126 Å². The Morgan fingerprint density at radius 2 is 2.05 bits per heavy atom. The Hall–Kier alpha value is -1.89. The van der Waals surface area contributed by atoms with Gasteiger partial charge in [0.1, 0.15) is 5.56 Å². The topological polar surface area (TPSA) is 50.9 Å². The number of rotatable bonds is 5. The Morgan fingerprint density at radius 1 is 1.32 bits per heavy atom. The molecule has 120 valence electrons. The Morgan fingerprint density at radius 3 is 2.64 bits per heavy atom. The number of aliphatic hydroxyl groups is 1. The smallest absolute Gasteiger partial charge is 0.396 e. The van der Waals surface area contributed by atoms with Crippen LogP contribution in [0.2, 0.25) is 0 Å². The van der Waals surface area contributed by atoms with E-state index in [1.165, 1.54) is 16.9 Å². The lowest BCUT2D eigenvalue weighted by atomic mass is 10.0. The normalized spacial score (nSPS) is 12.1. The number of aryl methyl sites for hydroxylation is 1. The van der Waals surface area contributed by atoms with Gasteiger partial charge in [-0.15, -0.1) is 0 Å². The van der Waals surface area contributed by atoms with E-state index in [4.69, 9.17) is 5.11 Å². The number of pyridine rings is 1. The molecule has 2 heterocycles. The van der Waals surface area contributed by atoms with Gasteiger partial charge in [-0.2, -0.15) is 18.3 Å². The van der Waals surface area contributed by atoms with E-state index >= 15 is 0 Å². The average molecular weight is 313 g/mol. The predicted molar refractivity (Wildman–Crippen MR) is 75.9 cm³/mol. The molecule has 0 amide bonds. The summed E-state index contributed by atoms with van der Waals surface area (Å²) in [6, 6.07) is 2.25. The summed E-state index contributed by atoms with van der Waals surface area (Å²) in [4.78, 5) is 3.84. The molecule has 0 bridgehead atoms. The molecule has 0 aliphatic rings. The Balaban J connectivity index is 2.50. The van der Waals surface area contributed by atoms with Gasteiger partial charge in [0.05, 0.1) is 5.69 Å². The van der Waals surface area contributed by atoms with Crippen molar-refractivity contribution >= 4 is 0 Å². The molecule has 4 nitrogen and oxygen atoms in total. The molecule has 1 N–H and O–H groups in total. The zero-order valence-corrected chi connectivity index (χ0v) is 12.4. The molecule has 7 heteroatoms. The monoisotopic (exact) mass is 313 g/mol. The number of nitrogens with zero attached hydrogens (tertiary/aromatic N) is 3. The van der Waals surface area contributed by atoms with Crippen LogP contribution in [0.25, 0.3) is 5.82 Å². The highest BCUT2D eigenvalue weighted by Crippen LogP contribution is 2.33. The highest BCUT2D eigenvalue weighted by molar-refractivity contribution is 5.37. The largest absolute Gasteiger partial charge is 0.420 e. The maximum Gasteiger partial charge on any atom is 0.420 e. The third kappa shape index (κ3) is 3.47. The molecule has 0 radical (unpaired) electrons. The maximum atomic E-state index is 13.1. The molecule has 0 fully saturated rings. The van der Waals surface area contributed by atoms with Crippen LogP contribution in [0.15, 0.2) is 24.5 Å². The van der Waals surface area contributed by atoms with Crippen molar-refractivity contribution in [2.45, 2.75) is 38.8 Å². The lowest BCUT2D eigenvalue weighted by Gasteiger charge is -2.11. The van der Waals surface area contributed by atoms with Gasteiger partial charge in [-0.25, -0.2) is 9.67 Å². The lowest BCUT2D eigenvalue weighted by molar-refractivity contribution is -0.137. The van der Waals surface area contributed by atoms with Gasteiger partial charge in [0, 0.05) is 19.0 Å². The van der Waals surface area contributed by atoms with Crippen LogP contribution in [0.3, 0.4) is 0 Å². The molecule has 2 rings (SSSR count). The van der Waals surface area contributed by atoms with Crippen molar-refractivity contribution in [1.29, 1.82) is 0 Å². The van der Waals surface area contributed by atoms with Crippen LogP contribution >= 0.6 is 0 Å². The summed E-state index contributed by atoms with van der Waals surface area (Å²) in [5.41, 5.74) is 0.747. The first-order chi connectivity index (χ1) is 10.3. The first kappa shape index (κ1) is 16.5. The molecule has 0 unspecified atom stereocenters. The van der Waals surface area contributed by atoms with Crippen LogP contribution in [0, 0.1) is 0 Å². The van der Waals surface area contributed by atoms with Gasteiger partial charge < -0.3 is 5.11 Å². The summed E-state index contributed by atoms with van der Waals surface area (Å²) in [6.45, 7) is 3.89. The molecule has 0 spiro atoms. The third-order valence-electron chi connectivity index (χ3n) is 3.28. The number of aliphatic hydroxyl groups excluding tert-OH is 1. The molecule has 0 atom stereocenters. The van der Waals surface area contributed by atoms with Crippen molar-refractivity contribution in [3.63, 3.8) is 0 Å². The van der Waals surface area contributed by atoms with Crippen molar-refractivity contribution in [3.05, 3.63) is 41.3 Å². The lowest BCUT2D eigenvalue weighted by Crippen LogP contribution is -2.12. The van der Waals surface area contributed by atoms with Gasteiger partial charge in [-0.05, 0) is 36.5 Å². The molecule has 22 heavy (non-hydrogen) atoms. The summed E-state index contributed by atoms with van der Waals surface area (Å²) in [7, 11) is 0. The molecular formula is C15H18F3N3O. The zero-order valence-electron chi connectivity index (χ0n) is 12.4. The highest BCUT2D eigenvalue weighted by atomic mass is 19.4. The molecule has 0 aliphatic heterocycles. The minimum Gasteiger partial charge on any atom is -0.396 e. The SMILES string of the molecule is CC(C)c1nn(-c2ncccc2C(F)(F)F)cc1CCCO. The summed E-state index contributed by atoms with van der Waals surface area (Å²) < 4.78 is 40.5. The molecular weight excluding hydrogens is 295 g/mol. The van der Waals surface area contributed by atoms with Gasteiger partial charge in [0.2, 0.25) is 0 Å². The number of hydrogen-bond acceptors (Lipinski definition) is 3.